The van der Waals surface area contributed by atoms with Crippen molar-refractivity contribution in [3.05, 3.63) is 58.3 Å². The van der Waals surface area contributed by atoms with Gasteiger partial charge in [-0.1, -0.05) is 42.3 Å². The van der Waals surface area contributed by atoms with Crippen LogP contribution in [0.5, 0.6) is 5.88 Å². The number of carbonyl (C=O) groups is 1. The predicted molar refractivity (Wildman–Crippen MR) is 99.1 cm³/mol. The number of H-pyrrole nitrogens is 1. The molecule has 0 bridgehead atoms. The number of hydrogen-bond acceptors (Lipinski definition) is 3. The van der Waals surface area contributed by atoms with Crippen LogP contribution >= 0.6 is 23.2 Å². The molecule has 130 valence electrons. The summed E-state index contributed by atoms with van der Waals surface area (Å²) in [5, 5.41) is 4.68. The van der Waals surface area contributed by atoms with E-state index in [1.165, 1.54) is 12.3 Å². The number of carbonyl (C=O) groups excluding carboxylic acids is 1. The smallest absolute Gasteiger partial charge is 0.261 e. The highest BCUT2D eigenvalue weighted by Crippen LogP contribution is 2.26. The van der Waals surface area contributed by atoms with Gasteiger partial charge in [0.05, 0.1) is 5.02 Å². The Morgan fingerprint density at radius 3 is 2.96 bits per heavy atom. The van der Waals surface area contributed by atoms with E-state index in [-0.39, 0.29) is 16.8 Å². The van der Waals surface area contributed by atoms with E-state index in [9.17, 15) is 4.79 Å². The average Bonchev–Trinajstić information content (AvgIpc) is 3.08. The summed E-state index contributed by atoms with van der Waals surface area (Å²) in [6.07, 6.45) is 3.11. The van der Waals surface area contributed by atoms with Gasteiger partial charge in [-0.2, -0.15) is 0 Å². The highest BCUT2D eigenvalue weighted by atomic mass is 35.5. The molecule has 0 aliphatic rings. The normalized spacial score (nSPS) is 12.1. The summed E-state index contributed by atoms with van der Waals surface area (Å²) in [4.78, 5) is 19.6. The average molecular weight is 378 g/mol. The van der Waals surface area contributed by atoms with Crippen LogP contribution in [0.3, 0.4) is 0 Å². The van der Waals surface area contributed by atoms with E-state index >= 15 is 0 Å². The van der Waals surface area contributed by atoms with Crippen LogP contribution in [0.2, 0.25) is 10.0 Å². The van der Waals surface area contributed by atoms with Crippen molar-refractivity contribution >= 4 is 40.0 Å². The molecule has 2 heterocycles. The van der Waals surface area contributed by atoms with Gasteiger partial charge < -0.3 is 15.0 Å². The molecular formula is C18H17Cl2N3O2. The van der Waals surface area contributed by atoms with Crippen molar-refractivity contribution in [2.24, 2.45) is 0 Å². The third kappa shape index (κ3) is 4.06. The first-order valence-electron chi connectivity index (χ1n) is 7.89. The molecule has 1 amide bonds. The number of nitrogens with one attached hydrogen (secondary N) is 2. The van der Waals surface area contributed by atoms with E-state index in [1.807, 2.05) is 37.4 Å². The van der Waals surface area contributed by atoms with Gasteiger partial charge in [-0.25, -0.2) is 4.98 Å². The van der Waals surface area contributed by atoms with E-state index in [4.69, 9.17) is 27.9 Å². The third-order valence-corrected chi connectivity index (χ3v) is 4.31. The Balaban J connectivity index is 1.67. The van der Waals surface area contributed by atoms with Crippen molar-refractivity contribution in [3.63, 3.8) is 0 Å². The Kier molecular flexibility index (Phi) is 5.46. The molecule has 0 aliphatic heterocycles. The SMILES string of the molecule is CC[C@@H](Oc1ncc(Cl)cc1Cl)C(=O)NCc1cccc2[nH]ccc12. The number of rotatable bonds is 6. The van der Waals surface area contributed by atoms with Gasteiger partial charge in [-0.15, -0.1) is 0 Å². The first-order valence-corrected chi connectivity index (χ1v) is 8.64. The van der Waals surface area contributed by atoms with Crippen molar-refractivity contribution in [1.29, 1.82) is 0 Å². The molecule has 5 nitrogen and oxygen atoms in total. The van der Waals surface area contributed by atoms with Gasteiger partial charge in [-0.3, -0.25) is 4.79 Å². The Bertz CT molecular complexity index is 895. The highest BCUT2D eigenvalue weighted by Gasteiger charge is 2.20. The highest BCUT2D eigenvalue weighted by molar-refractivity contribution is 6.35. The maximum Gasteiger partial charge on any atom is 0.261 e. The molecule has 3 aromatic rings. The second-order valence-electron chi connectivity index (χ2n) is 5.53. The maximum absolute atomic E-state index is 12.5. The third-order valence-electron chi connectivity index (χ3n) is 3.83. The second kappa shape index (κ2) is 7.76. The minimum atomic E-state index is -0.684. The summed E-state index contributed by atoms with van der Waals surface area (Å²) in [6.45, 7) is 2.27. The summed E-state index contributed by atoms with van der Waals surface area (Å²) >= 11 is 11.9. The number of benzene rings is 1. The Morgan fingerprint density at radius 1 is 1.36 bits per heavy atom. The number of pyridine rings is 1. The van der Waals surface area contributed by atoms with Gasteiger partial charge in [0, 0.05) is 29.8 Å². The van der Waals surface area contributed by atoms with Crippen LogP contribution in [0.15, 0.2) is 42.7 Å². The van der Waals surface area contributed by atoms with E-state index in [2.05, 4.69) is 15.3 Å². The van der Waals surface area contributed by atoms with Crippen LogP contribution in [-0.2, 0) is 11.3 Å². The molecule has 7 heteroatoms. The molecule has 2 N–H and O–H groups in total. The Hall–Kier alpha value is -2.24. The molecule has 1 atom stereocenters. The molecule has 2 aromatic heterocycles. The minimum absolute atomic E-state index is 0.195. The van der Waals surface area contributed by atoms with Crippen molar-refractivity contribution < 1.29 is 9.53 Å². The summed E-state index contributed by atoms with van der Waals surface area (Å²) in [7, 11) is 0. The molecule has 0 fully saturated rings. The van der Waals surface area contributed by atoms with Crippen molar-refractivity contribution in [2.75, 3.05) is 0 Å². The number of amides is 1. The fourth-order valence-corrected chi connectivity index (χ4v) is 2.97. The van der Waals surface area contributed by atoms with E-state index in [0.29, 0.717) is 18.0 Å². The lowest BCUT2D eigenvalue weighted by Gasteiger charge is -2.17. The Morgan fingerprint density at radius 2 is 2.20 bits per heavy atom. The lowest BCUT2D eigenvalue weighted by atomic mass is 10.1. The molecule has 0 aliphatic carbocycles. The molecule has 0 spiro atoms. The Labute approximate surface area is 155 Å². The molecule has 0 unspecified atom stereocenters. The predicted octanol–water partition coefficient (Wildman–Crippen LogP) is 4.34. The van der Waals surface area contributed by atoms with Gasteiger partial charge >= 0.3 is 0 Å². The lowest BCUT2D eigenvalue weighted by molar-refractivity contribution is -0.128. The standard InChI is InChI=1S/C18H17Cl2N3O2/c1-2-16(25-18-14(20)8-12(19)10-23-18)17(24)22-9-11-4-3-5-15-13(11)6-7-21-15/h3-8,10,16,21H,2,9H2,1H3,(H,22,24)/t16-/m1/s1. The summed E-state index contributed by atoms with van der Waals surface area (Å²) in [5.74, 6) is -0.0244. The van der Waals surface area contributed by atoms with Crippen molar-refractivity contribution in [2.45, 2.75) is 26.0 Å². The summed E-state index contributed by atoms with van der Waals surface area (Å²) in [5.41, 5.74) is 2.07. The first-order chi connectivity index (χ1) is 12.1. The lowest BCUT2D eigenvalue weighted by Crippen LogP contribution is -2.37. The zero-order valence-corrected chi connectivity index (χ0v) is 15.1. The second-order valence-corrected chi connectivity index (χ2v) is 6.37. The molecule has 0 radical (unpaired) electrons. The molecule has 25 heavy (non-hydrogen) atoms. The zero-order chi connectivity index (χ0) is 17.8. The van der Waals surface area contributed by atoms with E-state index in [0.717, 1.165) is 16.5 Å². The van der Waals surface area contributed by atoms with Gasteiger partial charge in [-0.05, 0) is 30.2 Å². The van der Waals surface area contributed by atoms with Gasteiger partial charge in [0.1, 0.15) is 5.02 Å². The molecule has 1 aromatic carbocycles. The van der Waals surface area contributed by atoms with Crippen LogP contribution in [0.25, 0.3) is 10.9 Å². The number of halogens is 2. The van der Waals surface area contributed by atoms with Crippen LogP contribution in [0.1, 0.15) is 18.9 Å². The zero-order valence-electron chi connectivity index (χ0n) is 13.6. The monoisotopic (exact) mass is 377 g/mol. The molecule has 0 saturated carbocycles. The van der Waals surface area contributed by atoms with Gasteiger partial charge in [0.15, 0.2) is 6.10 Å². The van der Waals surface area contributed by atoms with Gasteiger partial charge in [0.25, 0.3) is 5.91 Å². The van der Waals surface area contributed by atoms with E-state index in [1.54, 1.807) is 0 Å². The summed E-state index contributed by atoms with van der Waals surface area (Å²) < 4.78 is 5.65. The fourth-order valence-electron chi connectivity index (χ4n) is 2.55. The molecule has 3 rings (SSSR count). The van der Waals surface area contributed by atoms with Crippen LogP contribution < -0.4 is 10.1 Å². The van der Waals surface area contributed by atoms with Crippen molar-refractivity contribution in [1.82, 2.24) is 15.3 Å². The topological polar surface area (TPSA) is 67.0 Å². The van der Waals surface area contributed by atoms with Crippen molar-refractivity contribution in [3.8, 4) is 5.88 Å². The number of aromatic amines is 1. The van der Waals surface area contributed by atoms with Gasteiger partial charge in [0.2, 0.25) is 5.88 Å². The number of aromatic nitrogens is 2. The number of ether oxygens (including phenoxy) is 1. The number of hydrogen-bond donors (Lipinski definition) is 2. The summed E-state index contributed by atoms with van der Waals surface area (Å²) in [6, 6.07) is 9.44. The quantitative estimate of drug-likeness (QED) is 0.671. The molecular weight excluding hydrogens is 361 g/mol. The first kappa shape index (κ1) is 17.6. The van der Waals surface area contributed by atoms with Crippen LogP contribution in [0, 0.1) is 0 Å². The van der Waals surface area contributed by atoms with Crippen LogP contribution in [-0.4, -0.2) is 22.0 Å². The fraction of sp³-hybridized carbons (Fsp3) is 0.222. The maximum atomic E-state index is 12.5. The minimum Gasteiger partial charge on any atom is -0.463 e. The van der Waals surface area contributed by atoms with Crippen LogP contribution in [0.4, 0.5) is 0 Å². The number of fused-ring (bicyclic) bond motifs is 1. The van der Waals surface area contributed by atoms with E-state index < -0.39 is 6.10 Å². The number of nitrogens with zero attached hydrogens (tertiary/aromatic N) is 1. The largest absolute Gasteiger partial charge is 0.463 e. The molecule has 0 saturated heterocycles.